The van der Waals surface area contributed by atoms with Gasteiger partial charge in [-0.15, -0.1) is 0 Å². The van der Waals surface area contributed by atoms with E-state index in [9.17, 15) is 4.79 Å². The number of benzene rings is 1. The topological polar surface area (TPSA) is 47.6 Å². The monoisotopic (exact) mass is 279 g/mol. The fourth-order valence-corrected chi connectivity index (χ4v) is 1.96. The normalized spacial score (nSPS) is 12.3. The molecule has 0 spiro atoms. The molecule has 112 valence electrons. The fraction of sp³-hybridized carbons (Fsp3) is 0.562. The number of ether oxygens (including phenoxy) is 2. The third-order valence-electron chi connectivity index (χ3n) is 2.92. The van der Waals surface area contributed by atoms with Crippen molar-refractivity contribution in [3.63, 3.8) is 0 Å². The summed E-state index contributed by atoms with van der Waals surface area (Å²) in [6.07, 6.45) is -0.115. The van der Waals surface area contributed by atoms with E-state index in [0.717, 1.165) is 17.9 Å². The Hall–Kier alpha value is -1.55. The Morgan fingerprint density at radius 3 is 2.55 bits per heavy atom. The van der Waals surface area contributed by atoms with Crippen molar-refractivity contribution >= 4 is 5.97 Å². The van der Waals surface area contributed by atoms with Crippen molar-refractivity contribution in [3.05, 3.63) is 29.3 Å². The highest BCUT2D eigenvalue weighted by atomic mass is 16.6. The molecule has 0 amide bonds. The summed E-state index contributed by atoms with van der Waals surface area (Å²) < 4.78 is 10.5. The van der Waals surface area contributed by atoms with Gasteiger partial charge in [-0.1, -0.05) is 19.1 Å². The zero-order chi connectivity index (χ0) is 15.1. The number of carbonyl (C=O) groups excluding carboxylic acids is 1. The lowest BCUT2D eigenvalue weighted by Crippen LogP contribution is -2.19. The van der Waals surface area contributed by atoms with Crippen molar-refractivity contribution < 1.29 is 14.3 Å². The van der Waals surface area contributed by atoms with Crippen LogP contribution in [0.15, 0.2) is 18.2 Å². The number of nitrogens with one attached hydrogen (secondary N) is 1. The van der Waals surface area contributed by atoms with Gasteiger partial charge in [0.1, 0.15) is 5.75 Å². The maximum Gasteiger partial charge on any atom is 0.344 e. The number of aryl methyl sites for hydroxylation is 1. The molecule has 4 nitrogen and oxygen atoms in total. The van der Waals surface area contributed by atoms with Crippen LogP contribution >= 0.6 is 0 Å². The first-order chi connectivity index (χ1) is 9.43. The van der Waals surface area contributed by atoms with E-state index in [1.807, 2.05) is 32.9 Å². The van der Waals surface area contributed by atoms with E-state index in [2.05, 4.69) is 25.2 Å². The van der Waals surface area contributed by atoms with E-state index < -0.39 is 0 Å². The van der Waals surface area contributed by atoms with Crippen LogP contribution in [0.5, 0.6) is 5.75 Å². The molecule has 20 heavy (non-hydrogen) atoms. The second kappa shape index (κ2) is 7.90. The largest absolute Gasteiger partial charge is 0.482 e. The molecule has 1 aromatic rings. The van der Waals surface area contributed by atoms with E-state index in [4.69, 9.17) is 9.47 Å². The Labute approximate surface area is 121 Å². The Morgan fingerprint density at radius 1 is 1.30 bits per heavy atom. The molecule has 0 saturated carbocycles. The number of rotatable bonds is 7. The molecule has 1 atom stereocenters. The fourth-order valence-electron chi connectivity index (χ4n) is 1.96. The molecule has 1 rings (SSSR count). The summed E-state index contributed by atoms with van der Waals surface area (Å²) in [7, 11) is 0. The van der Waals surface area contributed by atoms with Gasteiger partial charge in [-0.3, -0.25) is 0 Å². The van der Waals surface area contributed by atoms with E-state index in [0.29, 0.717) is 6.04 Å². The van der Waals surface area contributed by atoms with Gasteiger partial charge < -0.3 is 14.8 Å². The highest BCUT2D eigenvalue weighted by molar-refractivity contribution is 5.71. The second-order valence-corrected chi connectivity index (χ2v) is 5.13. The van der Waals surface area contributed by atoms with E-state index in [1.165, 1.54) is 5.56 Å². The number of carbonyl (C=O) groups is 1. The van der Waals surface area contributed by atoms with Gasteiger partial charge in [-0.05, 0) is 51.4 Å². The Morgan fingerprint density at radius 2 is 2.00 bits per heavy atom. The molecular weight excluding hydrogens is 254 g/mol. The Bertz CT molecular complexity index is 443. The third kappa shape index (κ3) is 5.21. The standard InChI is InChI=1S/C16H25NO3/c1-6-17-13(5)14-7-8-15(12(4)9-14)19-10-16(18)20-11(2)3/h7-9,11,13,17H,6,10H2,1-5H3. The van der Waals surface area contributed by atoms with Gasteiger partial charge in [0.05, 0.1) is 6.10 Å². The highest BCUT2D eigenvalue weighted by Crippen LogP contribution is 2.22. The van der Waals surface area contributed by atoms with Crippen molar-refractivity contribution in [2.45, 2.75) is 46.8 Å². The van der Waals surface area contributed by atoms with Crippen LogP contribution in [0.3, 0.4) is 0 Å². The highest BCUT2D eigenvalue weighted by Gasteiger charge is 2.10. The molecule has 1 unspecified atom stereocenters. The van der Waals surface area contributed by atoms with Gasteiger partial charge in [0.15, 0.2) is 6.61 Å². The van der Waals surface area contributed by atoms with Gasteiger partial charge in [0.25, 0.3) is 0 Å². The van der Waals surface area contributed by atoms with Gasteiger partial charge in [0, 0.05) is 6.04 Å². The molecule has 0 aliphatic rings. The first kappa shape index (κ1) is 16.5. The minimum atomic E-state index is -0.343. The molecule has 0 bridgehead atoms. The Kier molecular flexibility index (Phi) is 6.52. The summed E-state index contributed by atoms with van der Waals surface area (Å²) in [6.45, 7) is 10.7. The zero-order valence-corrected chi connectivity index (χ0v) is 13.0. The number of esters is 1. The first-order valence-electron chi connectivity index (χ1n) is 7.10. The average Bonchev–Trinajstić information content (AvgIpc) is 2.36. The minimum Gasteiger partial charge on any atom is -0.482 e. The van der Waals surface area contributed by atoms with E-state index in [1.54, 1.807) is 0 Å². The van der Waals surface area contributed by atoms with Crippen LogP contribution < -0.4 is 10.1 Å². The Balaban J connectivity index is 2.62. The molecule has 0 aliphatic carbocycles. The van der Waals surface area contributed by atoms with Crippen LogP contribution in [0.4, 0.5) is 0 Å². The molecular formula is C16H25NO3. The molecule has 0 aliphatic heterocycles. The van der Waals surface area contributed by atoms with Gasteiger partial charge in [0.2, 0.25) is 0 Å². The first-order valence-corrected chi connectivity index (χ1v) is 7.10. The SMILES string of the molecule is CCNC(C)c1ccc(OCC(=O)OC(C)C)c(C)c1. The second-order valence-electron chi connectivity index (χ2n) is 5.13. The third-order valence-corrected chi connectivity index (χ3v) is 2.92. The van der Waals surface area contributed by atoms with Crippen molar-refractivity contribution in [1.29, 1.82) is 0 Å². The number of hydrogen-bond donors (Lipinski definition) is 1. The predicted molar refractivity (Wildman–Crippen MR) is 80.0 cm³/mol. The lowest BCUT2D eigenvalue weighted by Gasteiger charge is -2.15. The van der Waals surface area contributed by atoms with Gasteiger partial charge in [-0.25, -0.2) is 4.79 Å². The summed E-state index contributed by atoms with van der Waals surface area (Å²) in [5.74, 6) is 0.377. The van der Waals surface area contributed by atoms with E-state index in [-0.39, 0.29) is 18.7 Å². The summed E-state index contributed by atoms with van der Waals surface area (Å²) in [5, 5.41) is 3.37. The molecule has 1 aromatic carbocycles. The maximum absolute atomic E-state index is 11.4. The number of hydrogen-bond acceptors (Lipinski definition) is 4. The van der Waals surface area contributed by atoms with Crippen molar-refractivity contribution in [2.24, 2.45) is 0 Å². The van der Waals surface area contributed by atoms with Crippen LogP contribution in [0.25, 0.3) is 0 Å². The van der Waals surface area contributed by atoms with E-state index >= 15 is 0 Å². The lowest BCUT2D eigenvalue weighted by atomic mass is 10.1. The smallest absolute Gasteiger partial charge is 0.344 e. The van der Waals surface area contributed by atoms with Gasteiger partial charge in [-0.2, -0.15) is 0 Å². The van der Waals surface area contributed by atoms with Crippen LogP contribution in [0.1, 0.15) is 44.9 Å². The molecule has 0 radical (unpaired) electrons. The van der Waals surface area contributed by atoms with Crippen LogP contribution in [0.2, 0.25) is 0 Å². The minimum absolute atomic E-state index is 0.0544. The summed E-state index contributed by atoms with van der Waals surface area (Å²) in [6, 6.07) is 6.31. The quantitative estimate of drug-likeness (QED) is 0.779. The summed E-state index contributed by atoms with van der Waals surface area (Å²) in [5.41, 5.74) is 2.23. The molecule has 0 heterocycles. The molecule has 0 saturated heterocycles. The maximum atomic E-state index is 11.4. The summed E-state index contributed by atoms with van der Waals surface area (Å²) >= 11 is 0. The van der Waals surface area contributed by atoms with Crippen LogP contribution in [-0.4, -0.2) is 25.2 Å². The molecule has 4 heteroatoms. The van der Waals surface area contributed by atoms with Gasteiger partial charge >= 0.3 is 5.97 Å². The lowest BCUT2D eigenvalue weighted by molar-refractivity contribution is -0.149. The van der Waals surface area contributed by atoms with Crippen molar-refractivity contribution in [2.75, 3.05) is 13.2 Å². The molecule has 1 N–H and O–H groups in total. The van der Waals surface area contributed by atoms with Crippen LogP contribution in [-0.2, 0) is 9.53 Å². The van der Waals surface area contributed by atoms with Crippen LogP contribution in [0, 0.1) is 6.92 Å². The zero-order valence-electron chi connectivity index (χ0n) is 13.0. The average molecular weight is 279 g/mol. The predicted octanol–water partition coefficient (Wildman–Crippen LogP) is 3.00. The molecule has 0 fully saturated rings. The van der Waals surface area contributed by atoms with Crippen molar-refractivity contribution in [1.82, 2.24) is 5.32 Å². The summed E-state index contributed by atoms with van der Waals surface area (Å²) in [4.78, 5) is 11.4. The molecule has 0 aromatic heterocycles. The van der Waals surface area contributed by atoms with Crippen molar-refractivity contribution in [3.8, 4) is 5.75 Å².